The Morgan fingerprint density at radius 1 is 1.05 bits per heavy atom. The quantitative estimate of drug-likeness (QED) is 0.798. The van der Waals surface area contributed by atoms with Crippen molar-refractivity contribution in [2.45, 2.75) is 17.5 Å². The molecule has 0 saturated carbocycles. The van der Waals surface area contributed by atoms with Crippen molar-refractivity contribution in [1.29, 1.82) is 0 Å². The van der Waals surface area contributed by atoms with Gasteiger partial charge in [-0.25, -0.2) is 0 Å². The van der Waals surface area contributed by atoms with Gasteiger partial charge in [0, 0.05) is 22.8 Å². The van der Waals surface area contributed by atoms with E-state index in [2.05, 4.69) is 5.32 Å². The van der Waals surface area contributed by atoms with E-state index in [1.54, 1.807) is 0 Å². The maximum Gasteiger partial charge on any atom is 0.416 e. The topological polar surface area (TPSA) is 29.1 Å². The van der Waals surface area contributed by atoms with Gasteiger partial charge < -0.3 is 5.32 Å². The highest BCUT2D eigenvalue weighted by molar-refractivity contribution is 7.99. The van der Waals surface area contributed by atoms with Crippen LogP contribution in [0.1, 0.15) is 12.0 Å². The fraction of sp³-hybridized carbons (Fsp3) is 0.188. The second-order valence-corrected chi connectivity index (χ2v) is 5.71. The Morgan fingerprint density at radius 3 is 2.45 bits per heavy atom. The molecule has 2 nitrogen and oxygen atoms in total. The summed E-state index contributed by atoms with van der Waals surface area (Å²) in [6, 6.07) is 14.2. The van der Waals surface area contributed by atoms with Crippen molar-refractivity contribution in [3.63, 3.8) is 0 Å². The first kappa shape index (κ1) is 16.4. The zero-order chi connectivity index (χ0) is 16.0. The van der Waals surface area contributed by atoms with E-state index in [0.29, 0.717) is 5.75 Å². The lowest BCUT2D eigenvalue weighted by atomic mass is 10.2. The summed E-state index contributed by atoms with van der Waals surface area (Å²) in [6.07, 6.45) is -4.18. The third-order valence-corrected chi connectivity index (χ3v) is 3.83. The summed E-state index contributed by atoms with van der Waals surface area (Å²) in [7, 11) is 0. The number of alkyl halides is 3. The average molecular weight is 325 g/mol. The number of anilines is 1. The van der Waals surface area contributed by atoms with E-state index in [0.717, 1.165) is 17.0 Å². The number of thioether (sulfide) groups is 1. The smallest absolute Gasteiger partial charge is 0.326 e. The molecule has 0 atom stereocenters. The largest absolute Gasteiger partial charge is 0.416 e. The Balaban J connectivity index is 1.84. The second-order valence-electron chi connectivity index (χ2n) is 4.54. The molecule has 2 rings (SSSR count). The SMILES string of the molecule is O=C(CCSc1ccccc1)Nc1cccc(C(F)(F)F)c1. The first-order valence-electron chi connectivity index (χ1n) is 6.60. The van der Waals surface area contributed by atoms with E-state index in [-0.39, 0.29) is 18.0 Å². The molecule has 2 aromatic rings. The number of carbonyl (C=O) groups excluding carboxylic acids is 1. The molecule has 0 radical (unpaired) electrons. The van der Waals surface area contributed by atoms with Crippen molar-refractivity contribution in [2.75, 3.05) is 11.1 Å². The van der Waals surface area contributed by atoms with Crippen LogP contribution >= 0.6 is 11.8 Å². The molecular weight excluding hydrogens is 311 g/mol. The number of amides is 1. The Morgan fingerprint density at radius 2 is 1.77 bits per heavy atom. The molecule has 0 spiro atoms. The summed E-state index contributed by atoms with van der Waals surface area (Å²) in [4.78, 5) is 12.8. The number of nitrogens with one attached hydrogen (secondary N) is 1. The zero-order valence-electron chi connectivity index (χ0n) is 11.6. The number of halogens is 3. The maximum absolute atomic E-state index is 12.6. The van der Waals surface area contributed by atoms with Gasteiger partial charge in [-0.15, -0.1) is 11.8 Å². The van der Waals surface area contributed by atoms with E-state index >= 15 is 0 Å². The van der Waals surface area contributed by atoms with Gasteiger partial charge >= 0.3 is 6.18 Å². The first-order valence-corrected chi connectivity index (χ1v) is 7.59. The van der Waals surface area contributed by atoms with Crippen molar-refractivity contribution in [3.8, 4) is 0 Å². The van der Waals surface area contributed by atoms with Gasteiger partial charge in [-0.1, -0.05) is 24.3 Å². The highest BCUT2D eigenvalue weighted by Gasteiger charge is 2.30. The number of hydrogen-bond acceptors (Lipinski definition) is 2. The lowest BCUT2D eigenvalue weighted by Gasteiger charge is -2.09. The summed E-state index contributed by atoms with van der Waals surface area (Å²) < 4.78 is 37.7. The molecule has 0 aromatic heterocycles. The predicted molar refractivity (Wildman–Crippen MR) is 81.9 cm³/mol. The molecule has 0 unspecified atom stereocenters. The number of carbonyl (C=O) groups is 1. The summed E-state index contributed by atoms with van der Waals surface area (Å²) >= 11 is 1.53. The molecule has 116 valence electrons. The van der Waals surface area contributed by atoms with Crippen molar-refractivity contribution < 1.29 is 18.0 Å². The molecule has 6 heteroatoms. The molecule has 0 bridgehead atoms. The minimum Gasteiger partial charge on any atom is -0.326 e. The summed E-state index contributed by atoms with van der Waals surface area (Å²) in [5.74, 6) is 0.261. The monoisotopic (exact) mass is 325 g/mol. The van der Waals surface area contributed by atoms with Crippen LogP contribution in [-0.4, -0.2) is 11.7 Å². The Hall–Kier alpha value is -1.95. The van der Waals surface area contributed by atoms with Crippen molar-refractivity contribution in [2.24, 2.45) is 0 Å². The third-order valence-electron chi connectivity index (χ3n) is 2.81. The van der Waals surface area contributed by atoms with Crippen LogP contribution in [0.15, 0.2) is 59.5 Å². The lowest BCUT2D eigenvalue weighted by molar-refractivity contribution is -0.137. The highest BCUT2D eigenvalue weighted by Crippen LogP contribution is 2.30. The fourth-order valence-electron chi connectivity index (χ4n) is 1.78. The Bertz CT molecular complexity index is 629. The van der Waals surface area contributed by atoms with Crippen LogP contribution < -0.4 is 5.32 Å². The van der Waals surface area contributed by atoms with Crippen LogP contribution in [0.2, 0.25) is 0 Å². The van der Waals surface area contributed by atoms with Gasteiger partial charge in [0.25, 0.3) is 0 Å². The van der Waals surface area contributed by atoms with Gasteiger partial charge in [-0.05, 0) is 30.3 Å². The van der Waals surface area contributed by atoms with E-state index in [4.69, 9.17) is 0 Å². The van der Waals surface area contributed by atoms with Gasteiger partial charge in [-0.2, -0.15) is 13.2 Å². The van der Waals surface area contributed by atoms with E-state index in [1.165, 1.54) is 23.9 Å². The van der Waals surface area contributed by atoms with Crippen LogP contribution in [0, 0.1) is 0 Å². The highest BCUT2D eigenvalue weighted by atomic mass is 32.2. The molecule has 0 aliphatic heterocycles. The van der Waals surface area contributed by atoms with Crippen LogP contribution in [-0.2, 0) is 11.0 Å². The predicted octanol–water partition coefficient (Wildman–Crippen LogP) is 4.83. The molecule has 0 fully saturated rings. The summed E-state index contributed by atoms with van der Waals surface area (Å²) in [5, 5.41) is 2.49. The molecule has 0 aliphatic rings. The molecule has 0 saturated heterocycles. The van der Waals surface area contributed by atoms with Crippen LogP contribution in [0.3, 0.4) is 0 Å². The third kappa shape index (κ3) is 5.11. The molecule has 1 amide bonds. The molecular formula is C16H14F3NOS. The average Bonchev–Trinajstić information content (AvgIpc) is 2.48. The van der Waals surface area contributed by atoms with E-state index < -0.39 is 11.7 Å². The van der Waals surface area contributed by atoms with Gasteiger partial charge in [0.05, 0.1) is 5.56 Å². The molecule has 0 heterocycles. The Kier molecular flexibility index (Phi) is 5.49. The lowest BCUT2D eigenvalue weighted by Crippen LogP contribution is -2.13. The molecule has 2 aromatic carbocycles. The summed E-state index contributed by atoms with van der Waals surface area (Å²) in [5.41, 5.74) is -0.617. The normalized spacial score (nSPS) is 11.2. The maximum atomic E-state index is 12.6. The first-order chi connectivity index (χ1) is 10.4. The molecule has 1 N–H and O–H groups in total. The minimum absolute atomic E-state index is 0.157. The van der Waals surface area contributed by atoms with Gasteiger partial charge in [0.2, 0.25) is 5.91 Å². The number of hydrogen-bond donors (Lipinski definition) is 1. The van der Waals surface area contributed by atoms with E-state index in [9.17, 15) is 18.0 Å². The van der Waals surface area contributed by atoms with Crippen molar-refractivity contribution in [3.05, 3.63) is 60.2 Å². The molecule has 0 aliphatic carbocycles. The molecule has 22 heavy (non-hydrogen) atoms. The minimum atomic E-state index is -4.41. The van der Waals surface area contributed by atoms with Gasteiger partial charge in [-0.3, -0.25) is 4.79 Å². The van der Waals surface area contributed by atoms with Crippen molar-refractivity contribution >= 4 is 23.4 Å². The van der Waals surface area contributed by atoms with Gasteiger partial charge in [0.1, 0.15) is 0 Å². The zero-order valence-corrected chi connectivity index (χ0v) is 12.4. The Labute approximate surface area is 130 Å². The van der Waals surface area contributed by atoms with E-state index in [1.807, 2.05) is 30.3 Å². The standard InChI is InChI=1S/C16H14F3NOS/c17-16(18,19)12-5-4-6-13(11-12)20-15(21)9-10-22-14-7-2-1-3-8-14/h1-8,11H,9-10H2,(H,20,21). The number of benzene rings is 2. The van der Waals surface area contributed by atoms with Crippen LogP contribution in [0.5, 0.6) is 0 Å². The number of rotatable bonds is 5. The van der Waals surface area contributed by atoms with Gasteiger partial charge in [0.15, 0.2) is 0 Å². The fourth-order valence-corrected chi connectivity index (χ4v) is 2.65. The van der Waals surface area contributed by atoms with Crippen LogP contribution in [0.4, 0.5) is 18.9 Å². The van der Waals surface area contributed by atoms with Crippen LogP contribution in [0.25, 0.3) is 0 Å². The summed E-state index contributed by atoms with van der Waals surface area (Å²) in [6.45, 7) is 0. The second kappa shape index (κ2) is 7.35. The van der Waals surface area contributed by atoms with Crippen molar-refractivity contribution in [1.82, 2.24) is 0 Å².